The predicted molar refractivity (Wildman–Crippen MR) is 64.0 cm³/mol. The number of amides is 1. The van der Waals surface area contributed by atoms with Crippen LogP contribution in [0, 0.1) is 12.7 Å². The minimum Gasteiger partial charge on any atom is -0.507 e. The van der Waals surface area contributed by atoms with Gasteiger partial charge in [-0.25, -0.2) is 4.39 Å². The lowest BCUT2D eigenvalue weighted by Crippen LogP contribution is -2.12. The van der Waals surface area contributed by atoms with Gasteiger partial charge in [-0.15, -0.1) is 0 Å². The highest BCUT2D eigenvalue weighted by molar-refractivity contribution is 6.06. The Kier molecular flexibility index (Phi) is 3.01. The normalized spacial score (nSPS) is 10.4. The molecule has 0 radical (unpaired) electrons. The molecule has 0 unspecified atom stereocenters. The summed E-state index contributed by atoms with van der Waals surface area (Å²) in [6.45, 7) is 1.74. The summed E-state index contributed by atoms with van der Waals surface area (Å²) in [5.41, 5.74) is 1.05. The maximum Gasteiger partial charge on any atom is 0.259 e. The lowest BCUT2D eigenvalue weighted by molar-refractivity contribution is 0.102. The molecule has 2 aromatic rings. The zero-order valence-electron chi connectivity index (χ0n) is 9.94. The molecule has 1 aromatic carbocycles. The Morgan fingerprint density at radius 2 is 2.22 bits per heavy atom. The van der Waals surface area contributed by atoms with Crippen LogP contribution in [0.1, 0.15) is 16.1 Å². The fraction of sp³-hybridized carbons (Fsp3) is 0.167. The molecule has 5 nitrogen and oxygen atoms in total. The maximum atomic E-state index is 13.0. The van der Waals surface area contributed by atoms with E-state index in [1.165, 1.54) is 0 Å². The highest BCUT2D eigenvalue weighted by Gasteiger charge is 2.14. The van der Waals surface area contributed by atoms with E-state index in [2.05, 4.69) is 10.4 Å². The van der Waals surface area contributed by atoms with Crippen molar-refractivity contribution >= 4 is 11.6 Å². The van der Waals surface area contributed by atoms with Gasteiger partial charge in [0.1, 0.15) is 11.6 Å². The molecule has 0 spiro atoms. The summed E-state index contributed by atoms with van der Waals surface area (Å²) >= 11 is 0. The zero-order valence-corrected chi connectivity index (χ0v) is 9.94. The van der Waals surface area contributed by atoms with Crippen LogP contribution in [0.3, 0.4) is 0 Å². The van der Waals surface area contributed by atoms with E-state index in [9.17, 15) is 14.3 Å². The topological polar surface area (TPSA) is 67.2 Å². The molecule has 0 saturated carbocycles. The van der Waals surface area contributed by atoms with Gasteiger partial charge in [-0.1, -0.05) is 0 Å². The molecular formula is C12H12FN3O2. The van der Waals surface area contributed by atoms with E-state index in [1.807, 2.05) is 0 Å². The van der Waals surface area contributed by atoms with Crippen molar-refractivity contribution in [1.82, 2.24) is 9.78 Å². The number of aromatic nitrogens is 2. The first kappa shape index (κ1) is 12.1. The van der Waals surface area contributed by atoms with Gasteiger partial charge in [0.25, 0.3) is 5.91 Å². The summed E-state index contributed by atoms with van der Waals surface area (Å²) in [6.07, 6.45) is 1.63. The van der Waals surface area contributed by atoms with Gasteiger partial charge in [-0.3, -0.25) is 9.48 Å². The Morgan fingerprint density at radius 3 is 2.83 bits per heavy atom. The molecule has 0 bridgehead atoms. The first-order valence-electron chi connectivity index (χ1n) is 5.27. The molecule has 0 fully saturated rings. The van der Waals surface area contributed by atoms with Gasteiger partial charge in [0.15, 0.2) is 0 Å². The van der Waals surface area contributed by atoms with Crippen LogP contribution in [-0.4, -0.2) is 20.8 Å². The number of phenolic OH excluding ortho intramolecular Hbond substituents is 1. The van der Waals surface area contributed by atoms with Crippen molar-refractivity contribution in [2.75, 3.05) is 5.32 Å². The van der Waals surface area contributed by atoms with Crippen molar-refractivity contribution in [3.8, 4) is 5.75 Å². The predicted octanol–water partition coefficient (Wildman–Crippen LogP) is 1.83. The number of carbonyl (C=O) groups is 1. The van der Waals surface area contributed by atoms with E-state index in [4.69, 9.17) is 0 Å². The fourth-order valence-corrected chi connectivity index (χ4v) is 1.60. The van der Waals surface area contributed by atoms with Crippen molar-refractivity contribution in [2.45, 2.75) is 6.92 Å². The van der Waals surface area contributed by atoms with E-state index in [-0.39, 0.29) is 11.3 Å². The summed E-state index contributed by atoms with van der Waals surface area (Å²) in [6, 6.07) is 3.21. The number of carbonyl (C=O) groups excluding carboxylic acids is 1. The van der Waals surface area contributed by atoms with Gasteiger partial charge in [-0.05, 0) is 25.1 Å². The van der Waals surface area contributed by atoms with Crippen molar-refractivity contribution in [3.63, 3.8) is 0 Å². The summed E-state index contributed by atoms with van der Waals surface area (Å²) in [5.74, 6) is -1.43. The summed E-state index contributed by atoms with van der Waals surface area (Å²) < 4.78 is 14.6. The molecular weight excluding hydrogens is 237 g/mol. The van der Waals surface area contributed by atoms with Crippen LogP contribution < -0.4 is 5.32 Å². The molecule has 0 atom stereocenters. The molecule has 0 aliphatic carbocycles. The Bertz CT molecular complexity index is 607. The van der Waals surface area contributed by atoms with Gasteiger partial charge in [0.2, 0.25) is 0 Å². The summed E-state index contributed by atoms with van der Waals surface area (Å²) in [7, 11) is 1.72. The number of nitrogens with zero attached hydrogens (tertiary/aromatic N) is 2. The number of benzene rings is 1. The lowest BCUT2D eigenvalue weighted by atomic mass is 10.2. The van der Waals surface area contributed by atoms with Crippen LogP contribution in [0.2, 0.25) is 0 Å². The van der Waals surface area contributed by atoms with Crippen LogP contribution in [0.15, 0.2) is 24.4 Å². The molecule has 0 aliphatic heterocycles. The van der Waals surface area contributed by atoms with Crippen molar-refractivity contribution in [3.05, 3.63) is 41.5 Å². The second kappa shape index (κ2) is 4.48. The second-order valence-electron chi connectivity index (χ2n) is 3.92. The Labute approximate surface area is 103 Å². The van der Waals surface area contributed by atoms with Crippen LogP contribution in [0.25, 0.3) is 0 Å². The second-order valence-corrected chi connectivity index (χ2v) is 3.92. The number of phenols is 1. The molecule has 6 heteroatoms. The van der Waals surface area contributed by atoms with Crippen molar-refractivity contribution in [2.24, 2.45) is 7.05 Å². The number of anilines is 1. The van der Waals surface area contributed by atoms with Gasteiger partial charge >= 0.3 is 0 Å². The summed E-state index contributed by atoms with van der Waals surface area (Å²) in [5, 5.41) is 16.1. The Hall–Kier alpha value is -2.37. The van der Waals surface area contributed by atoms with Crippen molar-refractivity contribution in [1.29, 1.82) is 0 Å². The third kappa shape index (κ3) is 2.32. The molecule has 1 heterocycles. The minimum atomic E-state index is -0.583. The third-order valence-corrected chi connectivity index (χ3v) is 2.46. The molecule has 2 N–H and O–H groups in total. The van der Waals surface area contributed by atoms with Gasteiger partial charge in [-0.2, -0.15) is 5.10 Å². The van der Waals surface area contributed by atoms with E-state index in [0.717, 1.165) is 18.2 Å². The van der Waals surface area contributed by atoms with E-state index in [0.29, 0.717) is 11.4 Å². The quantitative estimate of drug-likeness (QED) is 0.853. The monoisotopic (exact) mass is 249 g/mol. The van der Waals surface area contributed by atoms with Crippen LogP contribution >= 0.6 is 0 Å². The number of rotatable bonds is 2. The fourth-order valence-electron chi connectivity index (χ4n) is 1.60. The van der Waals surface area contributed by atoms with Crippen LogP contribution in [-0.2, 0) is 7.05 Å². The number of aryl methyl sites for hydroxylation is 2. The Morgan fingerprint density at radius 1 is 1.50 bits per heavy atom. The molecule has 1 aromatic heterocycles. The lowest BCUT2D eigenvalue weighted by Gasteiger charge is -2.05. The first-order chi connectivity index (χ1) is 8.47. The Balaban J connectivity index is 2.27. The van der Waals surface area contributed by atoms with Crippen molar-refractivity contribution < 1.29 is 14.3 Å². The minimum absolute atomic E-state index is 0.113. The van der Waals surface area contributed by atoms with E-state index >= 15 is 0 Å². The van der Waals surface area contributed by atoms with Crippen LogP contribution in [0.4, 0.5) is 10.1 Å². The van der Waals surface area contributed by atoms with Crippen LogP contribution in [0.5, 0.6) is 5.75 Å². The SMILES string of the molecule is Cc1nn(C)cc1NC(=O)c1cc(F)ccc1O. The number of hydrogen-bond acceptors (Lipinski definition) is 3. The number of nitrogens with one attached hydrogen (secondary N) is 1. The molecule has 94 valence electrons. The molecule has 0 saturated heterocycles. The zero-order chi connectivity index (χ0) is 13.3. The number of hydrogen-bond donors (Lipinski definition) is 2. The van der Waals surface area contributed by atoms with Gasteiger partial charge < -0.3 is 10.4 Å². The van der Waals surface area contributed by atoms with E-state index < -0.39 is 11.7 Å². The molecule has 2 rings (SSSR count). The highest BCUT2D eigenvalue weighted by atomic mass is 19.1. The largest absolute Gasteiger partial charge is 0.507 e. The highest BCUT2D eigenvalue weighted by Crippen LogP contribution is 2.20. The molecule has 18 heavy (non-hydrogen) atoms. The first-order valence-corrected chi connectivity index (χ1v) is 5.27. The van der Waals surface area contributed by atoms with E-state index in [1.54, 1.807) is 24.9 Å². The average Bonchev–Trinajstić information content (AvgIpc) is 2.61. The third-order valence-electron chi connectivity index (χ3n) is 2.46. The van der Waals surface area contributed by atoms with Gasteiger partial charge in [0, 0.05) is 13.2 Å². The molecule has 0 aliphatic rings. The maximum absolute atomic E-state index is 13.0. The average molecular weight is 249 g/mol. The smallest absolute Gasteiger partial charge is 0.259 e. The van der Waals surface area contributed by atoms with Gasteiger partial charge in [0.05, 0.1) is 16.9 Å². The molecule has 1 amide bonds. The number of aromatic hydroxyl groups is 1. The summed E-state index contributed by atoms with van der Waals surface area (Å²) in [4.78, 5) is 11.9. The number of halogens is 1. The standard InChI is InChI=1S/C12H12FN3O2/c1-7-10(6-16(2)15-7)14-12(18)9-5-8(13)3-4-11(9)17/h3-6,17H,1-2H3,(H,14,18).